The van der Waals surface area contributed by atoms with E-state index >= 15 is 0 Å². The molecular weight excluding hydrogens is 647 g/mol. The highest BCUT2D eigenvalue weighted by Gasteiger charge is 2.23. The number of thiophene rings is 1. The molecule has 4 rings (SSSR count). The highest BCUT2D eigenvalue weighted by molar-refractivity contribution is 7.92. The molecule has 4 aromatic rings. The molecule has 48 heavy (non-hydrogen) atoms. The minimum Gasteiger partial charge on any atom is -0.348 e. The Morgan fingerprint density at radius 2 is 1.54 bits per heavy atom. The third-order valence-corrected chi connectivity index (χ3v) is 10.2. The molecule has 10 nitrogen and oxygen atoms in total. The minimum atomic E-state index is -3.70. The summed E-state index contributed by atoms with van der Waals surface area (Å²) >= 11 is 1.54. The van der Waals surface area contributed by atoms with Crippen molar-refractivity contribution in [2.24, 2.45) is 0 Å². The minimum absolute atomic E-state index is 0.122. The van der Waals surface area contributed by atoms with Gasteiger partial charge >= 0.3 is 0 Å². The van der Waals surface area contributed by atoms with E-state index in [1.165, 1.54) is 25.2 Å². The molecule has 1 heterocycles. The summed E-state index contributed by atoms with van der Waals surface area (Å²) in [6.45, 7) is 7.82. The van der Waals surface area contributed by atoms with Crippen LogP contribution in [0.25, 0.3) is 0 Å². The summed E-state index contributed by atoms with van der Waals surface area (Å²) in [4.78, 5) is 40.3. The molecule has 0 aliphatic rings. The molecular formula is C36H43N5O5S2. The quantitative estimate of drug-likeness (QED) is 0.144. The van der Waals surface area contributed by atoms with Gasteiger partial charge in [-0.15, -0.1) is 0 Å². The standard InChI is InChI=1S/C36H43N5O5S2/c1-23-11-10-14-33(24(23)2)40-34(42)26(4)37-21-31(17-27-15-16-47-22-27)39-36(44)30-18-29(19-32(20-30)41(5)48(6,45)46)35(43)38-25(3)28-12-8-7-9-13-28/h7-16,18-20,22,25-26,31,37H,17,21H2,1-6H3,(H,38,43)(H,39,44)(H,40,42)/t25-,26+,31+/m1/s1. The van der Waals surface area contributed by atoms with E-state index in [9.17, 15) is 22.8 Å². The Balaban J connectivity index is 1.55. The molecule has 1 aromatic heterocycles. The number of anilines is 2. The fourth-order valence-corrected chi connectivity index (χ4v) is 6.20. The Bertz CT molecular complexity index is 1850. The Morgan fingerprint density at radius 3 is 2.17 bits per heavy atom. The maximum absolute atomic E-state index is 13.8. The van der Waals surface area contributed by atoms with Gasteiger partial charge in [0.1, 0.15) is 0 Å². The number of carbonyl (C=O) groups is 3. The average molecular weight is 690 g/mol. The van der Waals surface area contributed by atoms with Gasteiger partial charge in [-0.1, -0.05) is 42.5 Å². The van der Waals surface area contributed by atoms with Gasteiger partial charge in [0.2, 0.25) is 15.9 Å². The fraction of sp³-hybridized carbons (Fsp3) is 0.306. The predicted molar refractivity (Wildman–Crippen MR) is 193 cm³/mol. The SMILES string of the molecule is Cc1cccc(NC(=O)[C@H](C)NC[C@H](Cc2ccsc2)NC(=O)c2cc(C(=O)N[C@H](C)c3ccccc3)cc(N(C)S(C)(=O)=O)c2)c1C. The maximum Gasteiger partial charge on any atom is 0.251 e. The van der Waals surface area contributed by atoms with Crippen LogP contribution in [0, 0.1) is 13.8 Å². The summed E-state index contributed by atoms with van der Waals surface area (Å²) < 4.78 is 25.9. The largest absolute Gasteiger partial charge is 0.348 e. The van der Waals surface area contributed by atoms with Crippen LogP contribution in [-0.2, 0) is 21.2 Å². The van der Waals surface area contributed by atoms with Crippen LogP contribution in [0.5, 0.6) is 0 Å². The van der Waals surface area contributed by atoms with Crippen LogP contribution in [0.15, 0.2) is 83.6 Å². The lowest BCUT2D eigenvalue weighted by atomic mass is 10.0. The zero-order valence-corrected chi connectivity index (χ0v) is 29.7. The molecule has 254 valence electrons. The Labute approximate surface area is 287 Å². The van der Waals surface area contributed by atoms with Gasteiger partial charge in [-0.05, 0) is 97.5 Å². The monoisotopic (exact) mass is 689 g/mol. The second kappa shape index (κ2) is 16.1. The summed E-state index contributed by atoms with van der Waals surface area (Å²) in [5, 5.41) is 16.1. The zero-order valence-electron chi connectivity index (χ0n) is 28.0. The average Bonchev–Trinajstić information content (AvgIpc) is 3.58. The maximum atomic E-state index is 13.8. The second-order valence-electron chi connectivity index (χ2n) is 12.0. The van der Waals surface area contributed by atoms with E-state index < -0.39 is 33.9 Å². The molecule has 0 bridgehead atoms. The Morgan fingerprint density at radius 1 is 0.875 bits per heavy atom. The molecule has 0 saturated carbocycles. The molecule has 0 radical (unpaired) electrons. The first-order valence-electron chi connectivity index (χ1n) is 15.6. The number of hydrogen-bond acceptors (Lipinski definition) is 7. The third kappa shape index (κ3) is 9.75. The number of amides is 3. The number of carbonyl (C=O) groups excluding carboxylic acids is 3. The molecule has 0 spiro atoms. The fourth-order valence-electron chi connectivity index (χ4n) is 5.03. The van der Waals surface area contributed by atoms with Crippen molar-refractivity contribution < 1.29 is 22.8 Å². The lowest BCUT2D eigenvalue weighted by molar-refractivity contribution is -0.117. The number of sulfonamides is 1. The van der Waals surface area contributed by atoms with Crippen LogP contribution in [0.3, 0.4) is 0 Å². The van der Waals surface area contributed by atoms with Crippen molar-refractivity contribution in [3.8, 4) is 0 Å². The van der Waals surface area contributed by atoms with E-state index in [1.807, 2.05) is 86.1 Å². The number of rotatable bonds is 14. The Kier molecular flexibility index (Phi) is 12.1. The highest BCUT2D eigenvalue weighted by atomic mass is 32.2. The Hall–Kier alpha value is -4.52. The van der Waals surface area contributed by atoms with Gasteiger partial charge in [-0.3, -0.25) is 18.7 Å². The zero-order chi connectivity index (χ0) is 35.0. The molecule has 3 aromatic carbocycles. The number of nitrogens with zero attached hydrogens (tertiary/aromatic N) is 1. The molecule has 0 aliphatic carbocycles. The van der Waals surface area contributed by atoms with Gasteiger partial charge in [-0.2, -0.15) is 11.3 Å². The van der Waals surface area contributed by atoms with Crippen LogP contribution in [0.4, 0.5) is 11.4 Å². The van der Waals surface area contributed by atoms with Crippen LogP contribution >= 0.6 is 11.3 Å². The lowest BCUT2D eigenvalue weighted by Gasteiger charge is -2.23. The van der Waals surface area contributed by atoms with Crippen molar-refractivity contribution in [2.45, 2.75) is 52.2 Å². The first-order chi connectivity index (χ1) is 22.7. The molecule has 0 fully saturated rings. The topological polar surface area (TPSA) is 137 Å². The van der Waals surface area contributed by atoms with Gasteiger partial charge in [-0.25, -0.2) is 8.42 Å². The van der Waals surface area contributed by atoms with Crippen molar-refractivity contribution in [2.75, 3.05) is 29.5 Å². The summed E-state index contributed by atoms with van der Waals surface area (Å²) in [6.07, 6.45) is 1.54. The lowest BCUT2D eigenvalue weighted by Crippen LogP contribution is -2.48. The van der Waals surface area contributed by atoms with E-state index in [1.54, 1.807) is 18.3 Å². The van der Waals surface area contributed by atoms with Crippen molar-refractivity contribution in [1.29, 1.82) is 0 Å². The van der Waals surface area contributed by atoms with E-state index in [0.717, 1.165) is 38.5 Å². The number of nitrogens with one attached hydrogen (secondary N) is 4. The summed E-state index contributed by atoms with van der Waals surface area (Å²) in [6, 6.07) is 20.2. The van der Waals surface area contributed by atoms with E-state index in [0.29, 0.717) is 6.42 Å². The van der Waals surface area contributed by atoms with Gasteiger partial charge in [0.05, 0.1) is 24.0 Å². The van der Waals surface area contributed by atoms with Gasteiger partial charge in [0.25, 0.3) is 11.8 Å². The van der Waals surface area contributed by atoms with Crippen LogP contribution in [0.2, 0.25) is 0 Å². The first-order valence-corrected chi connectivity index (χ1v) is 18.4. The van der Waals surface area contributed by atoms with Crippen LogP contribution in [0.1, 0.15) is 62.9 Å². The van der Waals surface area contributed by atoms with Crippen molar-refractivity contribution in [3.05, 3.63) is 117 Å². The summed E-state index contributed by atoms with van der Waals surface area (Å²) in [5.74, 6) is -1.15. The summed E-state index contributed by atoms with van der Waals surface area (Å²) in [5.41, 5.74) is 5.16. The van der Waals surface area contributed by atoms with Crippen molar-refractivity contribution in [1.82, 2.24) is 16.0 Å². The summed E-state index contributed by atoms with van der Waals surface area (Å²) in [7, 11) is -2.33. The molecule has 12 heteroatoms. The van der Waals surface area contributed by atoms with Crippen LogP contribution < -0.4 is 25.6 Å². The highest BCUT2D eigenvalue weighted by Crippen LogP contribution is 2.23. The van der Waals surface area contributed by atoms with E-state index in [-0.39, 0.29) is 35.3 Å². The van der Waals surface area contributed by atoms with E-state index in [2.05, 4.69) is 21.3 Å². The second-order valence-corrected chi connectivity index (χ2v) is 14.8. The normalized spacial score (nSPS) is 13.2. The van der Waals surface area contributed by atoms with Gasteiger partial charge in [0, 0.05) is 36.4 Å². The van der Waals surface area contributed by atoms with Gasteiger partial charge in [0.15, 0.2) is 0 Å². The number of hydrogen-bond donors (Lipinski definition) is 4. The predicted octanol–water partition coefficient (Wildman–Crippen LogP) is 5.21. The molecule has 4 N–H and O–H groups in total. The number of benzene rings is 3. The van der Waals surface area contributed by atoms with Gasteiger partial charge < -0.3 is 21.3 Å². The molecule has 0 unspecified atom stereocenters. The number of aryl methyl sites for hydroxylation is 1. The smallest absolute Gasteiger partial charge is 0.251 e. The van der Waals surface area contributed by atoms with E-state index in [4.69, 9.17) is 0 Å². The van der Waals surface area contributed by atoms with Crippen molar-refractivity contribution >= 4 is 50.5 Å². The molecule has 3 atom stereocenters. The van der Waals surface area contributed by atoms with Crippen LogP contribution in [-0.4, -0.2) is 58.1 Å². The molecule has 3 amide bonds. The van der Waals surface area contributed by atoms with Crippen molar-refractivity contribution in [3.63, 3.8) is 0 Å². The third-order valence-electron chi connectivity index (χ3n) is 8.27. The first kappa shape index (κ1) is 36.3. The molecule has 0 saturated heterocycles. The molecule has 0 aliphatic heterocycles.